The lowest BCUT2D eigenvalue weighted by Crippen LogP contribution is -2.36. The van der Waals surface area contributed by atoms with Crippen LogP contribution in [-0.2, 0) is 0 Å². The van der Waals surface area contributed by atoms with Gasteiger partial charge in [-0.05, 0) is 25.7 Å². The Bertz CT molecular complexity index is 233. The highest BCUT2D eigenvalue weighted by Crippen LogP contribution is 2.43. The lowest BCUT2D eigenvalue weighted by atomic mass is 9.79. The number of hydrogen-bond donors (Lipinski definition) is 0. The first kappa shape index (κ1) is 11.6. The van der Waals surface area contributed by atoms with Crippen LogP contribution >= 0.6 is 39.1 Å². The van der Waals surface area contributed by atoms with Crippen LogP contribution in [0.2, 0.25) is 0 Å². The fourth-order valence-corrected chi connectivity index (χ4v) is 2.62. The quantitative estimate of drug-likeness (QED) is 0.492. The predicted molar refractivity (Wildman–Crippen MR) is 63.8 cm³/mol. The van der Waals surface area contributed by atoms with Crippen molar-refractivity contribution in [2.45, 2.75) is 29.5 Å². The van der Waals surface area contributed by atoms with Gasteiger partial charge in [0.25, 0.3) is 0 Å². The molecule has 0 unspecified atom stereocenters. The Hall–Kier alpha value is 0.540. The van der Waals surface area contributed by atoms with Gasteiger partial charge in [-0.2, -0.15) is 0 Å². The molecule has 0 N–H and O–H groups in total. The number of halogens is 3. The van der Waals surface area contributed by atoms with E-state index < -0.39 is 0 Å². The average Bonchev–Trinajstić information content (AvgIpc) is 2.00. The summed E-state index contributed by atoms with van der Waals surface area (Å²) < 4.78 is 0. The first-order chi connectivity index (χ1) is 5.97. The Morgan fingerprint density at radius 2 is 2.31 bits per heavy atom. The van der Waals surface area contributed by atoms with Crippen molar-refractivity contribution in [3.8, 4) is 0 Å². The molecule has 74 valence electrons. The molecule has 1 aliphatic carbocycles. The second kappa shape index (κ2) is 4.37. The Kier molecular flexibility index (Phi) is 3.91. The Morgan fingerprint density at radius 1 is 1.69 bits per heavy atom. The molecule has 0 aromatic carbocycles. The van der Waals surface area contributed by atoms with Crippen LogP contribution in [-0.4, -0.2) is 9.70 Å². The zero-order chi connectivity index (χ0) is 10.1. The number of alkyl halides is 2. The minimum Gasteiger partial charge on any atom is -0.118 e. The van der Waals surface area contributed by atoms with Gasteiger partial charge in [-0.25, -0.2) is 0 Å². The van der Waals surface area contributed by atoms with Gasteiger partial charge in [-0.15, -0.1) is 11.6 Å². The molecule has 0 aromatic rings. The van der Waals surface area contributed by atoms with Crippen molar-refractivity contribution in [3.63, 3.8) is 0 Å². The number of hydrogen-bond acceptors (Lipinski definition) is 0. The summed E-state index contributed by atoms with van der Waals surface area (Å²) in [5.41, 5.74) is 2.73. The summed E-state index contributed by atoms with van der Waals surface area (Å²) in [6, 6.07) is 0. The van der Waals surface area contributed by atoms with Crippen molar-refractivity contribution in [1.29, 1.82) is 0 Å². The first-order valence-corrected chi connectivity index (χ1v) is 5.98. The molecule has 0 heterocycles. The van der Waals surface area contributed by atoms with E-state index in [1.54, 1.807) is 5.54 Å². The summed E-state index contributed by atoms with van der Waals surface area (Å²) >= 11 is 15.5. The van der Waals surface area contributed by atoms with Crippen LogP contribution in [0.25, 0.3) is 0 Å². The van der Waals surface area contributed by atoms with E-state index in [1.807, 2.05) is 13.0 Å². The molecular weight excluding hydrogens is 271 g/mol. The standard InChI is InChI=1S/C10H13BrCl2/c1-7-6-10(2,13)9(11)5-8(7)3-4-12/h3-4,8-9H,1,5-6H2,2H3/b4-3+/t8-,9+,10+/m0/s1. The number of rotatable bonds is 1. The van der Waals surface area contributed by atoms with Crippen LogP contribution in [0.4, 0.5) is 0 Å². The van der Waals surface area contributed by atoms with Crippen LogP contribution in [0, 0.1) is 5.92 Å². The van der Waals surface area contributed by atoms with Crippen molar-refractivity contribution in [2.75, 3.05) is 0 Å². The average molecular weight is 284 g/mol. The van der Waals surface area contributed by atoms with Crippen molar-refractivity contribution in [2.24, 2.45) is 5.92 Å². The van der Waals surface area contributed by atoms with Gasteiger partial charge >= 0.3 is 0 Å². The van der Waals surface area contributed by atoms with Crippen LogP contribution in [0.15, 0.2) is 23.8 Å². The molecule has 13 heavy (non-hydrogen) atoms. The molecule has 1 rings (SSSR count). The largest absolute Gasteiger partial charge is 0.118 e. The van der Waals surface area contributed by atoms with Crippen molar-refractivity contribution < 1.29 is 0 Å². The second-order valence-electron chi connectivity index (χ2n) is 3.74. The van der Waals surface area contributed by atoms with E-state index in [0.29, 0.717) is 10.7 Å². The molecule has 0 saturated heterocycles. The monoisotopic (exact) mass is 282 g/mol. The lowest BCUT2D eigenvalue weighted by Gasteiger charge is -2.37. The van der Waals surface area contributed by atoms with Crippen LogP contribution < -0.4 is 0 Å². The van der Waals surface area contributed by atoms with Gasteiger partial charge in [-0.3, -0.25) is 0 Å². The molecule has 3 atom stereocenters. The van der Waals surface area contributed by atoms with Gasteiger partial charge < -0.3 is 0 Å². The molecule has 3 heteroatoms. The zero-order valence-electron chi connectivity index (χ0n) is 7.56. The molecule has 0 aliphatic heterocycles. The molecule has 1 aliphatic rings. The van der Waals surface area contributed by atoms with Crippen molar-refractivity contribution in [3.05, 3.63) is 23.8 Å². The summed E-state index contributed by atoms with van der Waals surface area (Å²) in [7, 11) is 0. The third kappa shape index (κ3) is 2.74. The molecule has 0 radical (unpaired) electrons. The fourth-order valence-electron chi connectivity index (χ4n) is 1.62. The molecule has 0 amide bonds. The van der Waals surface area contributed by atoms with E-state index in [4.69, 9.17) is 23.2 Å². The van der Waals surface area contributed by atoms with Gasteiger partial charge in [0.1, 0.15) is 0 Å². The lowest BCUT2D eigenvalue weighted by molar-refractivity contribution is 0.456. The molecule has 0 nitrogen and oxygen atoms in total. The molecular formula is C10H13BrCl2. The highest BCUT2D eigenvalue weighted by atomic mass is 79.9. The maximum atomic E-state index is 6.32. The topological polar surface area (TPSA) is 0 Å². The summed E-state index contributed by atoms with van der Waals surface area (Å²) in [5.74, 6) is 0.369. The summed E-state index contributed by atoms with van der Waals surface area (Å²) in [4.78, 5) is 0.123. The van der Waals surface area contributed by atoms with Crippen LogP contribution in [0.1, 0.15) is 19.8 Å². The highest BCUT2D eigenvalue weighted by Gasteiger charge is 2.37. The summed E-state index contributed by atoms with van der Waals surface area (Å²) in [6.07, 6.45) is 3.79. The van der Waals surface area contributed by atoms with Crippen molar-refractivity contribution >= 4 is 39.1 Å². The Morgan fingerprint density at radius 3 is 2.85 bits per heavy atom. The maximum Gasteiger partial charge on any atom is 0.0580 e. The van der Waals surface area contributed by atoms with E-state index in [9.17, 15) is 0 Å². The maximum absolute atomic E-state index is 6.32. The van der Waals surface area contributed by atoms with Crippen LogP contribution in [0.3, 0.4) is 0 Å². The highest BCUT2D eigenvalue weighted by molar-refractivity contribution is 9.09. The van der Waals surface area contributed by atoms with Crippen molar-refractivity contribution in [1.82, 2.24) is 0 Å². The second-order valence-corrected chi connectivity index (χ2v) is 5.96. The molecule has 1 fully saturated rings. The third-order valence-corrected chi connectivity index (χ3v) is 4.71. The molecule has 1 saturated carbocycles. The predicted octanol–water partition coefficient (Wildman–Crippen LogP) is 4.47. The van der Waals surface area contributed by atoms with Gasteiger partial charge in [0.2, 0.25) is 0 Å². The molecule has 0 bridgehead atoms. The minimum absolute atomic E-state index is 0.201. The summed E-state index contributed by atoms with van der Waals surface area (Å²) in [5, 5.41) is 0. The summed E-state index contributed by atoms with van der Waals surface area (Å²) in [6.45, 7) is 6.07. The smallest absolute Gasteiger partial charge is 0.0580 e. The van der Waals surface area contributed by atoms with Gasteiger partial charge in [-0.1, -0.05) is 45.8 Å². The van der Waals surface area contributed by atoms with E-state index >= 15 is 0 Å². The van der Waals surface area contributed by atoms with E-state index in [-0.39, 0.29) is 4.87 Å². The SMILES string of the molecule is C=C1C[C@@](C)(Cl)[C@H](Br)C[C@@H]1/C=C/Cl. The van der Waals surface area contributed by atoms with Gasteiger partial charge in [0, 0.05) is 10.4 Å². The normalized spacial score (nSPS) is 41.4. The molecule has 0 aromatic heterocycles. The molecule has 0 spiro atoms. The minimum atomic E-state index is -0.201. The van der Waals surface area contributed by atoms with Gasteiger partial charge in [0.15, 0.2) is 0 Å². The van der Waals surface area contributed by atoms with E-state index in [0.717, 1.165) is 12.8 Å². The van der Waals surface area contributed by atoms with E-state index in [1.165, 1.54) is 5.57 Å². The zero-order valence-corrected chi connectivity index (χ0v) is 10.7. The van der Waals surface area contributed by atoms with Crippen LogP contribution in [0.5, 0.6) is 0 Å². The first-order valence-electron chi connectivity index (χ1n) is 4.25. The third-order valence-electron chi connectivity index (χ3n) is 2.52. The van der Waals surface area contributed by atoms with Gasteiger partial charge in [0.05, 0.1) is 4.87 Å². The fraction of sp³-hybridized carbons (Fsp3) is 0.600. The Labute approximate surface area is 98.1 Å². The van der Waals surface area contributed by atoms with E-state index in [2.05, 4.69) is 22.5 Å². The number of allylic oxidation sites excluding steroid dienone is 2. The Balaban J connectivity index is 2.73.